The minimum absolute atomic E-state index is 0.0353. The largest absolute Gasteiger partial charge is 0.399 e. The predicted octanol–water partition coefficient (Wildman–Crippen LogP) is 5.67. The van der Waals surface area contributed by atoms with Crippen LogP contribution in [0.5, 0.6) is 0 Å². The van der Waals surface area contributed by atoms with Gasteiger partial charge in [-0.2, -0.15) is 14.0 Å². The number of piperidine rings is 2. The molecule has 1 spiro atoms. The number of carbonyl (C=O) groups excluding carboxylic acids is 6. The fourth-order valence-electron chi connectivity index (χ4n) is 12.2. The summed E-state index contributed by atoms with van der Waals surface area (Å²) in [5.41, 5.74) is -4.31. The van der Waals surface area contributed by atoms with Gasteiger partial charge in [0.15, 0.2) is 0 Å². The van der Waals surface area contributed by atoms with Gasteiger partial charge in [0.1, 0.15) is 24.7 Å². The number of halogens is 2. The number of ether oxygens (including phenoxy) is 1. The number of benzene rings is 3. The Morgan fingerprint density at radius 2 is 1.67 bits per heavy atom. The van der Waals surface area contributed by atoms with Crippen molar-refractivity contribution in [2.45, 2.75) is 113 Å². The maximum Gasteiger partial charge on any atom is 0.399 e. The molecule has 4 N–H and O–H groups in total. The number of hydrogen-bond acceptors (Lipinski definition) is 11. The van der Waals surface area contributed by atoms with Crippen molar-refractivity contribution in [3.05, 3.63) is 105 Å². The van der Waals surface area contributed by atoms with Crippen LogP contribution < -0.4 is 16.3 Å². The molecule has 5 aliphatic rings. The van der Waals surface area contributed by atoms with E-state index in [0.29, 0.717) is 60.9 Å². The highest BCUT2D eigenvalue weighted by Gasteiger charge is 2.65. The van der Waals surface area contributed by atoms with Gasteiger partial charge in [-0.25, -0.2) is 4.79 Å². The molecular weight excluding hydrogens is 1050 g/mol. The molecule has 4 aliphatic heterocycles. The maximum absolute atomic E-state index is 15.4. The Balaban J connectivity index is 0.847. The number of aryl methyl sites for hydroxylation is 1. The molecule has 5 aromatic rings. The monoisotopic (exact) mass is 1110 g/mol. The topological polar surface area (TPSA) is 254 Å². The molecule has 412 valence electrons. The number of hydrogen-bond donors (Lipinski definition) is 4. The summed E-state index contributed by atoms with van der Waals surface area (Å²) in [6.45, 7) is 5.99. The molecule has 2 aromatic heterocycles. The second kappa shape index (κ2) is 20.5. The molecule has 6 amide bonds. The van der Waals surface area contributed by atoms with Crippen molar-refractivity contribution in [2.75, 3.05) is 32.8 Å². The Bertz CT molecular complexity index is 3410. The van der Waals surface area contributed by atoms with E-state index in [-0.39, 0.29) is 78.6 Å². The summed E-state index contributed by atoms with van der Waals surface area (Å²) >= 11 is 0.938. The first kappa shape index (κ1) is 54.7. The van der Waals surface area contributed by atoms with E-state index in [9.17, 15) is 52.4 Å². The molecule has 19 nitrogen and oxygen atoms in total. The molecule has 1 saturated carbocycles. The number of nitriles is 1. The fraction of sp³-hybridized carbons (Fsp3) is 0.491. The summed E-state index contributed by atoms with van der Waals surface area (Å²) in [5.74, 6) is -3.51. The number of likely N-dealkylation sites (tertiary alicyclic amines) is 3. The first-order valence-corrected chi connectivity index (χ1v) is 28.6. The lowest BCUT2D eigenvalue weighted by atomic mass is 9.85. The molecule has 0 bridgehead atoms. The molecule has 23 heteroatoms. The number of thiophene rings is 1. The second-order valence-corrected chi connectivity index (χ2v) is 25.3. The number of nitrogens with one attached hydrogen (secondary N) is 2. The molecule has 10 rings (SSSR count). The van der Waals surface area contributed by atoms with Gasteiger partial charge >= 0.3 is 18.9 Å². The van der Waals surface area contributed by atoms with E-state index in [1.54, 1.807) is 37.6 Å². The summed E-state index contributed by atoms with van der Waals surface area (Å²) in [4.78, 5) is 120. The zero-order chi connectivity index (χ0) is 55.8. The quantitative estimate of drug-likeness (QED) is 0.0822. The Kier molecular flexibility index (Phi) is 14.4. The van der Waals surface area contributed by atoms with Crippen molar-refractivity contribution in [3.63, 3.8) is 0 Å². The van der Waals surface area contributed by atoms with E-state index < -0.39 is 83.6 Å². The summed E-state index contributed by atoms with van der Waals surface area (Å²) in [5, 5.41) is 15.9. The van der Waals surface area contributed by atoms with Crippen LogP contribution in [-0.4, -0.2) is 126 Å². The van der Waals surface area contributed by atoms with Gasteiger partial charge < -0.3 is 34.5 Å². The van der Waals surface area contributed by atoms with Crippen LogP contribution in [0.4, 0.5) is 8.78 Å². The third kappa shape index (κ3) is 9.97. The van der Waals surface area contributed by atoms with E-state index in [0.717, 1.165) is 34.6 Å². The minimum Gasteiger partial charge on any atom is -0.366 e. The molecule has 78 heavy (non-hydrogen) atoms. The molecule has 1 aliphatic carbocycles. The standard InChI is InChI=1S/C55H61F2N8O11PS/c1-53(2,3)47(60-49(69)43-27-34-26-35(11-14-42(34)78-43)55(56,57)77(73,74)75)51(71)63-23-18-41(46(63)50(70)64-29-36(33-8-6-5-7-9-33)37(28-58)54(64)19-20-54)76-30-45(67)62-21-16-31(17-22-62)24-32-10-12-38-40(25-32)61(4)52(72)65(38)39-13-15-44(66)59-48(39)68/h5-12,14,25-27,31,36-37,39,41,46-47H,13,15-24,29-30H2,1-4H3,(H,60,69)(H,59,66,68)(H2,73,74,75)/t36-,37-,39?,41+,46-,47+/m0/s1. The van der Waals surface area contributed by atoms with E-state index in [4.69, 9.17) is 4.74 Å². The number of fused-ring (bicyclic) bond motifs is 2. The zero-order valence-electron chi connectivity index (χ0n) is 43.5. The average molecular weight is 1110 g/mol. The zero-order valence-corrected chi connectivity index (χ0v) is 45.2. The summed E-state index contributed by atoms with van der Waals surface area (Å²) in [6.07, 6.45) is 2.82. The van der Waals surface area contributed by atoms with Gasteiger partial charge in [0.2, 0.25) is 29.5 Å². The van der Waals surface area contributed by atoms with Crippen molar-refractivity contribution in [1.82, 2.24) is 34.5 Å². The van der Waals surface area contributed by atoms with E-state index in [2.05, 4.69) is 16.7 Å². The average Bonchev–Trinajstić information content (AvgIpc) is 3.91. The van der Waals surface area contributed by atoms with Crippen LogP contribution in [-0.2, 0) is 52.4 Å². The summed E-state index contributed by atoms with van der Waals surface area (Å²) in [6, 6.07) is 18.8. The van der Waals surface area contributed by atoms with E-state index in [1.807, 2.05) is 48.5 Å². The van der Waals surface area contributed by atoms with Crippen LogP contribution in [0.15, 0.2) is 77.6 Å². The Morgan fingerprint density at radius 1 is 0.949 bits per heavy atom. The SMILES string of the molecule is Cn1c(=O)n(C2CCC(=O)NC2=O)c2ccc(CC3CCN(C(=O)CO[C@@H]4CCN(C(=O)[C@@H](NC(=O)c5cc6cc(C(F)(F)P(=O)(O)O)ccc6s5)C(C)(C)C)[C@@H]4C(=O)N4C[C@@H](c5ccccc5)[C@H](C#N)C45CC5)CC3)cc21. The van der Waals surface area contributed by atoms with Crippen LogP contribution in [0.1, 0.15) is 104 Å². The number of alkyl halides is 2. The minimum atomic E-state index is -5.87. The molecule has 5 fully saturated rings. The van der Waals surface area contributed by atoms with Gasteiger partial charge in [0, 0.05) is 55.8 Å². The van der Waals surface area contributed by atoms with Gasteiger partial charge in [0.25, 0.3) is 5.91 Å². The van der Waals surface area contributed by atoms with Gasteiger partial charge in [-0.3, -0.25) is 47.8 Å². The number of imidazole rings is 1. The van der Waals surface area contributed by atoms with Crippen LogP contribution in [0, 0.1) is 28.6 Å². The normalized spacial score (nSPS) is 23.2. The van der Waals surface area contributed by atoms with Crippen LogP contribution >= 0.6 is 18.9 Å². The van der Waals surface area contributed by atoms with Gasteiger partial charge in [-0.1, -0.05) is 63.2 Å². The molecule has 4 saturated heterocycles. The highest BCUT2D eigenvalue weighted by molar-refractivity contribution is 7.52. The Morgan fingerprint density at radius 3 is 2.32 bits per heavy atom. The number of amides is 6. The lowest BCUT2D eigenvalue weighted by Gasteiger charge is -2.38. The van der Waals surface area contributed by atoms with Crippen LogP contribution in [0.3, 0.4) is 0 Å². The lowest BCUT2D eigenvalue weighted by Crippen LogP contribution is -2.60. The maximum atomic E-state index is 15.4. The molecule has 1 unspecified atom stereocenters. The first-order chi connectivity index (χ1) is 36.9. The Hall–Kier alpha value is -6.63. The number of nitrogens with zero attached hydrogens (tertiary/aromatic N) is 6. The first-order valence-electron chi connectivity index (χ1n) is 26.2. The number of aromatic nitrogens is 2. The summed E-state index contributed by atoms with van der Waals surface area (Å²) in [7, 11) is -4.22. The van der Waals surface area contributed by atoms with Crippen molar-refractivity contribution >= 4 is 75.5 Å². The molecule has 6 atom stereocenters. The number of rotatable bonds is 13. The lowest BCUT2D eigenvalue weighted by molar-refractivity contribution is -0.153. The smallest absolute Gasteiger partial charge is 0.366 e. The van der Waals surface area contributed by atoms with E-state index in [1.165, 1.54) is 26.2 Å². The van der Waals surface area contributed by atoms with Crippen LogP contribution in [0.25, 0.3) is 21.1 Å². The molecule has 0 radical (unpaired) electrons. The van der Waals surface area contributed by atoms with Crippen molar-refractivity contribution < 1.29 is 56.6 Å². The predicted molar refractivity (Wildman–Crippen MR) is 282 cm³/mol. The van der Waals surface area contributed by atoms with Crippen molar-refractivity contribution in [1.29, 1.82) is 5.26 Å². The molecule has 3 aromatic carbocycles. The van der Waals surface area contributed by atoms with Gasteiger partial charge in [-0.15, -0.1) is 11.3 Å². The fourth-order valence-corrected chi connectivity index (χ4v) is 13.6. The third-order valence-electron chi connectivity index (χ3n) is 16.6. The highest BCUT2D eigenvalue weighted by Crippen LogP contribution is 2.60. The van der Waals surface area contributed by atoms with Crippen LogP contribution in [0.2, 0.25) is 0 Å². The number of imide groups is 1. The molecular formula is C55H61F2N8O11PS. The highest BCUT2D eigenvalue weighted by atomic mass is 32.1. The summed E-state index contributed by atoms with van der Waals surface area (Å²) < 4.78 is 50.7. The van der Waals surface area contributed by atoms with Gasteiger partial charge in [0.05, 0.1) is 39.5 Å². The van der Waals surface area contributed by atoms with Crippen molar-refractivity contribution in [3.8, 4) is 6.07 Å². The Labute approximate surface area is 451 Å². The second-order valence-electron chi connectivity index (χ2n) is 22.5. The third-order valence-corrected chi connectivity index (χ3v) is 18.7. The number of carbonyl (C=O) groups is 6. The van der Waals surface area contributed by atoms with Crippen molar-refractivity contribution in [2.24, 2.45) is 24.3 Å². The van der Waals surface area contributed by atoms with Gasteiger partial charge in [-0.05, 0) is 103 Å². The van der Waals surface area contributed by atoms with E-state index >= 15 is 9.59 Å². The molecule has 6 heterocycles.